The number of methoxy groups -OCH3 is 1. The van der Waals surface area contributed by atoms with Gasteiger partial charge in [-0.2, -0.15) is 0 Å². The normalized spacial score (nSPS) is 16.2. The topological polar surface area (TPSA) is 41.6 Å². The predicted molar refractivity (Wildman–Crippen MR) is 101 cm³/mol. The summed E-state index contributed by atoms with van der Waals surface area (Å²) in [6.45, 7) is 0.846. The molecule has 0 fully saturated rings. The fourth-order valence-electron chi connectivity index (χ4n) is 3.27. The lowest BCUT2D eigenvalue weighted by atomic mass is 9.87. The van der Waals surface area contributed by atoms with Gasteiger partial charge in [0.1, 0.15) is 0 Å². The van der Waals surface area contributed by atoms with Gasteiger partial charge in [0, 0.05) is 20.0 Å². The number of esters is 1. The number of ether oxygens (including phenoxy) is 1. The zero-order valence-electron chi connectivity index (χ0n) is 14.7. The van der Waals surface area contributed by atoms with Crippen LogP contribution in [-0.2, 0) is 16.0 Å². The Morgan fingerprint density at radius 3 is 2.92 bits per heavy atom. The molecule has 1 aliphatic rings. The zero-order chi connectivity index (χ0) is 17.4. The Labute approximate surface area is 150 Å². The van der Waals surface area contributed by atoms with E-state index in [4.69, 9.17) is 12.2 Å². The van der Waals surface area contributed by atoms with E-state index in [9.17, 15) is 4.79 Å². The minimum absolute atomic E-state index is 0.130. The first-order chi connectivity index (χ1) is 11.6. The minimum Gasteiger partial charge on any atom is -0.469 e. The van der Waals surface area contributed by atoms with Crippen LogP contribution in [0.2, 0.25) is 0 Å². The van der Waals surface area contributed by atoms with Crippen molar-refractivity contribution in [3.63, 3.8) is 0 Å². The maximum atomic E-state index is 11.1. The smallest absolute Gasteiger partial charge is 0.305 e. The van der Waals surface area contributed by atoms with E-state index in [-0.39, 0.29) is 5.97 Å². The molecule has 1 aliphatic carbocycles. The van der Waals surface area contributed by atoms with Gasteiger partial charge in [0.25, 0.3) is 0 Å². The molecule has 0 spiro atoms. The highest BCUT2D eigenvalue weighted by Crippen LogP contribution is 2.33. The number of benzene rings is 1. The maximum Gasteiger partial charge on any atom is 0.305 e. The van der Waals surface area contributed by atoms with E-state index in [2.05, 4.69) is 46.3 Å². The number of nitrogens with zero attached hydrogens (tertiary/aromatic N) is 1. The third-order valence-electron chi connectivity index (χ3n) is 4.69. The van der Waals surface area contributed by atoms with Gasteiger partial charge in [0.05, 0.1) is 13.2 Å². The molecule has 0 saturated carbocycles. The molecule has 0 bridgehead atoms. The van der Waals surface area contributed by atoms with Crippen molar-refractivity contribution in [3.8, 4) is 0 Å². The molecule has 1 aromatic rings. The van der Waals surface area contributed by atoms with Gasteiger partial charge >= 0.3 is 5.97 Å². The van der Waals surface area contributed by atoms with Gasteiger partial charge in [-0.3, -0.25) is 4.79 Å². The van der Waals surface area contributed by atoms with Crippen LogP contribution in [-0.4, -0.2) is 36.7 Å². The fraction of sp³-hybridized carbons (Fsp3) is 0.579. The van der Waals surface area contributed by atoms with Gasteiger partial charge in [-0.1, -0.05) is 30.7 Å². The number of aryl methyl sites for hydroxylation is 1. The van der Waals surface area contributed by atoms with Gasteiger partial charge in [-0.25, -0.2) is 0 Å². The first-order valence-corrected chi connectivity index (χ1v) is 9.19. The molecular formula is C19H28N2O2S. The van der Waals surface area contributed by atoms with Crippen LogP contribution < -0.4 is 5.32 Å². The predicted octanol–water partition coefficient (Wildman–Crippen LogP) is 3.60. The second kappa shape index (κ2) is 9.62. The molecule has 0 heterocycles. The second-order valence-corrected chi connectivity index (χ2v) is 6.72. The molecule has 0 aromatic heterocycles. The van der Waals surface area contributed by atoms with Crippen LogP contribution in [0.15, 0.2) is 24.3 Å². The molecule has 1 atom stereocenters. The first kappa shape index (κ1) is 18.7. The molecule has 2 rings (SSSR count). The standard InChI is InChI=1S/C19H28N2O2S/c1-21(17-12-8-10-15-9-5-6-11-16(15)17)19(24)20-14-7-3-4-13-18(22)23-2/h5-6,9,11,17H,3-4,7-8,10,12-14H2,1-2H3,(H,20,24)/t17-/m0/s1. The summed E-state index contributed by atoms with van der Waals surface area (Å²) >= 11 is 5.57. The number of rotatable bonds is 7. The summed E-state index contributed by atoms with van der Waals surface area (Å²) in [4.78, 5) is 13.2. The molecule has 0 radical (unpaired) electrons. The van der Waals surface area contributed by atoms with E-state index < -0.39 is 0 Å². The average Bonchev–Trinajstić information content (AvgIpc) is 2.62. The summed E-state index contributed by atoms with van der Waals surface area (Å²) in [6.07, 6.45) is 6.90. The zero-order valence-corrected chi connectivity index (χ0v) is 15.5. The van der Waals surface area contributed by atoms with Gasteiger partial charge in [-0.15, -0.1) is 0 Å². The van der Waals surface area contributed by atoms with Crippen molar-refractivity contribution in [2.75, 3.05) is 20.7 Å². The van der Waals surface area contributed by atoms with Crippen molar-refractivity contribution in [2.24, 2.45) is 0 Å². The Kier molecular flexibility index (Phi) is 7.50. The minimum atomic E-state index is -0.130. The SMILES string of the molecule is COC(=O)CCCCCNC(=S)N(C)[C@H]1CCCc2ccccc21. The van der Waals surface area contributed by atoms with Crippen LogP contribution in [0.4, 0.5) is 0 Å². The van der Waals surface area contributed by atoms with Crippen molar-refractivity contribution in [3.05, 3.63) is 35.4 Å². The van der Waals surface area contributed by atoms with Gasteiger partial charge < -0.3 is 15.0 Å². The number of fused-ring (bicyclic) bond motifs is 1. The highest BCUT2D eigenvalue weighted by atomic mass is 32.1. The molecule has 132 valence electrons. The molecule has 0 aliphatic heterocycles. The molecule has 1 N–H and O–H groups in total. The van der Waals surface area contributed by atoms with Crippen LogP contribution in [0.3, 0.4) is 0 Å². The van der Waals surface area contributed by atoms with Crippen molar-refractivity contribution >= 4 is 23.3 Å². The second-order valence-electron chi connectivity index (χ2n) is 6.34. The number of hydrogen-bond acceptors (Lipinski definition) is 3. The summed E-state index contributed by atoms with van der Waals surface area (Å²) < 4.78 is 4.64. The summed E-state index contributed by atoms with van der Waals surface area (Å²) in [6, 6.07) is 9.06. The third kappa shape index (κ3) is 5.20. The lowest BCUT2D eigenvalue weighted by Gasteiger charge is -2.35. The Balaban J connectivity index is 1.74. The van der Waals surface area contributed by atoms with Gasteiger partial charge in [0.15, 0.2) is 5.11 Å². The summed E-state index contributed by atoms with van der Waals surface area (Å²) in [7, 11) is 3.51. The van der Waals surface area contributed by atoms with E-state index in [1.54, 1.807) is 0 Å². The van der Waals surface area contributed by atoms with E-state index >= 15 is 0 Å². The van der Waals surface area contributed by atoms with Crippen molar-refractivity contribution in [1.29, 1.82) is 0 Å². The Morgan fingerprint density at radius 2 is 2.12 bits per heavy atom. The lowest BCUT2D eigenvalue weighted by Crippen LogP contribution is -2.40. The molecular weight excluding hydrogens is 320 g/mol. The molecule has 5 heteroatoms. The van der Waals surface area contributed by atoms with Gasteiger partial charge in [0.2, 0.25) is 0 Å². The largest absolute Gasteiger partial charge is 0.469 e. The number of carbonyl (C=O) groups is 1. The monoisotopic (exact) mass is 348 g/mol. The molecule has 4 nitrogen and oxygen atoms in total. The number of nitrogens with one attached hydrogen (secondary N) is 1. The number of unbranched alkanes of at least 4 members (excludes halogenated alkanes) is 2. The van der Waals surface area contributed by atoms with Crippen molar-refractivity contribution in [1.82, 2.24) is 10.2 Å². The summed E-state index contributed by atoms with van der Waals surface area (Å²) in [5, 5.41) is 4.16. The number of hydrogen-bond donors (Lipinski definition) is 1. The van der Waals surface area contributed by atoms with E-state index in [0.717, 1.165) is 37.3 Å². The Bertz CT molecular complexity index is 562. The van der Waals surface area contributed by atoms with Crippen LogP contribution in [0.1, 0.15) is 55.7 Å². The van der Waals surface area contributed by atoms with Crippen LogP contribution in [0, 0.1) is 0 Å². The highest BCUT2D eigenvalue weighted by molar-refractivity contribution is 7.80. The van der Waals surface area contributed by atoms with Crippen LogP contribution >= 0.6 is 12.2 Å². The third-order valence-corrected chi connectivity index (χ3v) is 5.12. The van der Waals surface area contributed by atoms with Crippen molar-refractivity contribution in [2.45, 2.75) is 51.0 Å². The maximum absolute atomic E-state index is 11.1. The molecule has 0 unspecified atom stereocenters. The van der Waals surface area contributed by atoms with Gasteiger partial charge in [-0.05, 0) is 55.4 Å². The molecule has 24 heavy (non-hydrogen) atoms. The van der Waals surface area contributed by atoms with E-state index in [1.165, 1.54) is 31.1 Å². The highest BCUT2D eigenvalue weighted by Gasteiger charge is 2.24. The Morgan fingerprint density at radius 1 is 1.33 bits per heavy atom. The van der Waals surface area contributed by atoms with E-state index in [1.807, 2.05) is 0 Å². The number of carbonyl (C=O) groups excluding carboxylic acids is 1. The van der Waals surface area contributed by atoms with Crippen LogP contribution in [0.5, 0.6) is 0 Å². The molecule has 1 aromatic carbocycles. The molecule has 0 amide bonds. The fourth-order valence-corrected chi connectivity index (χ4v) is 3.49. The van der Waals surface area contributed by atoms with Crippen molar-refractivity contribution < 1.29 is 9.53 Å². The first-order valence-electron chi connectivity index (χ1n) is 8.78. The average molecular weight is 349 g/mol. The lowest BCUT2D eigenvalue weighted by molar-refractivity contribution is -0.140. The Hall–Kier alpha value is -1.62. The quantitative estimate of drug-likeness (QED) is 0.463. The van der Waals surface area contributed by atoms with E-state index in [0.29, 0.717) is 12.5 Å². The number of thiocarbonyl (C=S) groups is 1. The molecule has 0 saturated heterocycles. The summed E-state index contributed by atoms with van der Waals surface area (Å²) in [5.74, 6) is -0.130. The van der Waals surface area contributed by atoms with Crippen LogP contribution in [0.25, 0.3) is 0 Å². The summed E-state index contributed by atoms with van der Waals surface area (Å²) in [5.41, 5.74) is 2.86.